The van der Waals surface area contributed by atoms with Crippen molar-refractivity contribution in [3.8, 4) is 11.5 Å². The van der Waals surface area contributed by atoms with E-state index < -0.39 is 11.6 Å². The van der Waals surface area contributed by atoms with Gasteiger partial charge in [0.25, 0.3) is 0 Å². The summed E-state index contributed by atoms with van der Waals surface area (Å²) in [5, 5.41) is 0.595. The minimum absolute atomic E-state index is 0.0449. The zero-order chi connectivity index (χ0) is 14.5. The summed E-state index contributed by atoms with van der Waals surface area (Å²) in [7, 11) is 1.55. The van der Waals surface area contributed by atoms with Crippen molar-refractivity contribution in [2.45, 2.75) is 11.9 Å². The molecule has 20 heavy (non-hydrogen) atoms. The summed E-state index contributed by atoms with van der Waals surface area (Å²) >= 11 is 3.35. The number of benzene rings is 2. The van der Waals surface area contributed by atoms with E-state index in [1.165, 1.54) is 0 Å². The normalized spacial score (nSPS) is 10.4. The summed E-state index contributed by atoms with van der Waals surface area (Å²) in [6, 6.07) is 8.67. The summed E-state index contributed by atoms with van der Waals surface area (Å²) in [6.07, 6.45) is 0. The number of alkyl halides is 1. The summed E-state index contributed by atoms with van der Waals surface area (Å²) in [4.78, 5) is 0. The highest BCUT2D eigenvalue weighted by Gasteiger charge is 2.08. The fourth-order valence-corrected chi connectivity index (χ4v) is 2.18. The van der Waals surface area contributed by atoms with E-state index in [2.05, 4.69) is 15.9 Å². The van der Waals surface area contributed by atoms with Gasteiger partial charge in [-0.25, -0.2) is 8.78 Å². The van der Waals surface area contributed by atoms with Gasteiger partial charge < -0.3 is 9.47 Å². The zero-order valence-electron chi connectivity index (χ0n) is 10.8. The maximum absolute atomic E-state index is 13.5. The van der Waals surface area contributed by atoms with E-state index in [9.17, 15) is 8.78 Å². The van der Waals surface area contributed by atoms with E-state index >= 15 is 0 Å². The van der Waals surface area contributed by atoms with Gasteiger partial charge in [0.1, 0.15) is 29.7 Å². The summed E-state index contributed by atoms with van der Waals surface area (Å²) < 4.78 is 37.3. The Bertz CT molecular complexity index is 602. The van der Waals surface area contributed by atoms with Gasteiger partial charge >= 0.3 is 0 Å². The predicted octanol–water partition coefficient (Wildman–Crippen LogP) is 4.45. The van der Waals surface area contributed by atoms with Gasteiger partial charge in [0.15, 0.2) is 0 Å². The van der Waals surface area contributed by atoms with Gasteiger partial charge in [-0.1, -0.05) is 22.0 Å². The first kappa shape index (κ1) is 14.8. The summed E-state index contributed by atoms with van der Waals surface area (Å²) in [5.41, 5.74) is 1.08. The Kier molecular flexibility index (Phi) is 4.95. The fourth-order valence-electron chi connectivity index (χ4n) is 1.72. The first-order chi connectivity index (χ1) is 9.63. The minimum Gasteiger partial charge on any atom is -0.497 e. The number of halogens is 3. The Morgan fingerprint density at radius 3 is 2.55 bits per heavy atom. The molecule has 0 aliphatic heterocycles. The van der Waals surface area contributed by atoms with Crippen LogP contribution in [0.5, 0.6) is 11.5 Å². The van der Waals surface area contributed by atoms with Crippen LogP contribution < -0.4 is 9.47 Å². The largest absolute Gasteiger partial charge is 0.497 e. The lowest BCUT2D eigenvalue weighted by molar-refractivity contribution is 0.294. The third kappa shape index (κ3) is 3.48. The van der Waals surface area contributed by atoms with Crippen molar-refractivity contribution in [2.75, 3.05) is 7.11 Å². The van der Waals surface area contributed by atoms with Crippen LogP contribution >= 0.6 is 15.9 Å². The van der Waals surface area contributed by atoms with Crippen molar-refractivity contribution in [3.63, 3.8) is 0 Å². The topological polar surface area (TPSA) is 18.5 Å². The average Bonchev–Trinajstić information content (AvgIpc) is 2.47. The number of hydrogen-bond donors (Lipinski definition) is 0. The molecule has 0 bridgehead atoms. The van der Waals surface area contributed by atoms with Crippen LogP contribution in [0.1, 0.15) is 11.1 Å². The van der Waals surface area contributed by atoms with Gasteiger partial charge in [-0.15, -0.1) is 0 Å². The molecule has 0 unspecified atom stereocenters. The van der Waals surface area contributed by atoms with E-state index in [4.69, 9.17) is 9.47 Å². The summed E-state index contributed by atoms with van der Waals surface area (Å²) in [5.74, 6) is 0.236. The number of rotatable bonds is 5. The average molecular weight is 343 g/mol. The van der Waals surface area contributed by atoms with Gasteiger partial charge in [-0.05, 0) is 24.3 Å². The number of methoxy groups -OCH3 is 1. The van der Waals surface area contributed by atoms with E-state index in [-0.39, 0.29) is 12.2 Å². The molecule has 0 aliphatic rings. The van der Waals surface area contributed by atoms with E-state index in [1.807, 2.05) is 12.1 Å². The molecular weight excluding hydrogens is 330 g/mol. The highest BCUT2D eigenvalue weighted by atomic mass is 79.9. The third-order valence-electron chi connectivity index (χ3n) is 2.81. The van der Waals surface area contributed by atoms with Crippen LogP contribution in [0.4, 0.5) is 8.78 Å². The van der Waals surface area contributed by atoms with Crippen molar-refractivity contribution in [1.29, 1.82) is 0 Å². The molecule has 0 saturated carbocycles. The molecule has 2 nitrogen and oxygen atoms in total. The van der Waals surface area contributed by atoms with Crippen LogP contribution in [0.2, 0.25) is 0 Å². The molecule has 106 valence electrons. The highest BCUT2D eigenvalue weighted by Crippen LogP contribution is 2.27. The number of hydrogen-bond acceptors (Lipinski definition) is 2. The first-order valence-electron chi connectivity index (χ1n) is 5.93. The molecule has 0 saturated heterocycles. The van der Waals surface area contributed by atoms with Crippen molar-refractivity contribution < 1.29 is 18.3 Å². The molecule has 5 heteroatoms. The molecule has 0 amide bonds. The molecule has 0 N–H and O–H groups in total. The Labute approximate surface area is 124 Å². The van der Waals surface area contributed by atoms with Crippen LogP contribution in [0.25, 0.3) is 0 Å². The molecular formula is C15H13BrF2O2. The molecule has 0 spiro atoms. The Hall–Kier alpha value is -1.62. The standard InChI is InChI=1S/C15H13BrF2O2/c1-19-13-4-2-10(8-16)15(7-13)20-9-11-6-12(17)3-5-14(11)18/h2-7H,8-9H2,1H3. The quantitative estimate of drug-likeness (QED) is 0.747. The minimum atomic E-state index is -0.491. The lowest BCUT2D eigenvalue weighted by Gasteiger charge is -2.12. The second-order valence-corrected chi connectivity index (χ2v) is 4.69. The van der Waals surface area contributed by atoms with Gasteiger partial charge in [0.2, 0.25) is 0 Å². The third-order valence-corrected chi connectivity index (χ3v) is 3.41. The molecule has 0 atom stereocenters. The Morgan fingerprint density at radius 2 is 1.85 bits per heavy atom. The molecule has 2 rings (SSSR count). The lowest BCUT2D eigenvalue weighted by atomic mass is 10.2. The zero-order valence-corrected chi connectivity index (χ0v) is 12.4. The molecule has 2 aromatic rings. The van der Waals surface area contributed by atoms with Gasteiger partial charge in [0, 0.05) is 22.5 Å². The van der Waals surface area contributed by atoms with Crippen molar-refractivity contribution in [3.05, 3.63) is 59.2 Å². The molecule has 0 fully saturated rings. The lowest BCUT2D eigenvalue weighted by Crippen LogP contribution is -2.01. The number of ether oxygens (including phenoxy) is 2. The van der Waals surface area contributed by atoms with Crippen molar-refractivity contribution in [1.82, 2.24) is 0 Å². The molecule has 0 aromatic heterocycles. The van der Waals surface area contributed by atoms with E-state index in [0.717, 1.165) is 23.8 Å². The maximum atomic E-state index is 13.5. The van der Waals surface area contributed by atoms with E-state index in [1.54, 1.807) is 13.2 Å². The second kappa shape index (κ2) is 6.70. The van der Waals surface area contributed by atoms with Crippen LogP contribution in [0.15, 0.2) is 36.4 Å². The predicted molar refractivity (Wildman–Crippen MR) is 76.3 cm³/mol. The first-order valence-corrected chi connectivity index (χ1v) is 7.06. The molecule has 0 heterocycles. The van der Waals surface area contributed by atoms with Crippen LogP contribution in [0.3, 0.4) is 0 Å². The smallest absolute Gasteiger partial charge is 0.130 e. The van der Waals surface area contributed by atoms with Crippen LogP contribution in [-0.4, -0.2) is 7.11 Å². The van der Waals surface area contributed by atoms with Crippen molar-refractivity contribution >= 4 is 15.9 Å². The molecule has 0 aliphatic carbocycles. The van der Waals surface area contributed by atoms with Crippen LogP contribution in [-0.2, 0) is 11.9 Å². The monoisotopic (exact) mass is 342 g/mol. The maximum Gasteiger partial charge on any atom is 0.130 e. The Morgan fingerprint density at radius 1 is 1.05 bits per heavy atom. The Balaban J connectivity index is 2.19. The van der Waals surface area contributed by atoms with Gasteiger partial charge in [0.05, 0.1) is 7.11 Å². The highest BCUT2D eigenvalue weighted by molar-refractivity contribution is 9.08. The van der Waals surface area contributed by atoms with Gasteiger partial charge in [-0.3, -0.25) is 0 Å². The van der Waals surface area contributed by atoms with E-state index in [0.29, 0.717) is 16.8 Å². The van der Waals surface area contributed by atoms with Crippen LogP contribution in [0, 0.1) is 11.6 Å². The van der Waals surface area contributed by atoms with Gasteiger partial charge in [-0.2, -0.15) is 0 Å². The SMILES string of the molecule is COc1ccc(CBr)c(OCc2cc(F)ccc2F)c1. The fraction of sp³-hybridized carbons (Fsp3) is 0.200. The molecule has 0 radical (unpaired) electrons. The van der Waals surface area contributed by atoms with Crippen molar-refractivity contribution in [2.24, 2.45) is 0 Å². The summed E-state index contributed by atoms with van der Waals surface area (Å²) in [6.45, 7) is -0.0449. The molecule has 2 aromatic carbocycles. The second-order valence-electron chi connectivity index (χ2n) is 4.13.